The molecule has 0 radical (unpaired) electrons. The second-order valence-corrected chi connectivity index (χ2v) is 13.5. The minimum Gasteiger partial charge on any atom is -0.438 e. The van der Waals surface area contributed by atoms with Crippen LogP contribution in [-0.2, 0) is 11.8 Å². The molecule has 0 saturated heterocycles. The second kappa shape index (κ2) is 9.05. The third-order valence-corrected chi connectivity index (χ3v) is 10.8. The number of benzene rings is 6. The van der Waals surface area contributed by atoms with Crippen LogP contribution < -0.4 is 4.74 Å². The summed E-state index contributed by atoms with van der Waals surface area (Å²) in [6.45, 7) is 9.02. The van der Waals surface area contributed by atoms with E-state index in [1.54, 1.807) is 0 Å². The Morgan fingerprint density at radius 2 is 1.50 bits per heavy atom. The van der Waals surface area contributed by atoms with Crippen LogP contribution in [0.2, 0.25) is 0 Å². The summed E-state index contributed by atoms with van der Waals surface area (Å²) in [6.07, 6.45) is 2.83. The smallest absolute Gasteiger partial charge is 0.227 e. The molecule has 3 aliphatic rings. The van der Waals surface area contributed by atoms with Crippen molar-refractivity contribution in [1.82, 2.24) is 4.98 Å². The first-order chi connectivity index (χ1) is 22.5. The first kappa shape index (κ1) is 25.8. The Morgan fingerprint density at radius 1 is 0.717 bits per heavy atom. The first-order valence-electron chi connectivity index (χ1n) is 16.2. The molecule has 0 saturated carbocycles. The number of aromatic nitrogens is 1. The van der Waals surface area contributed by atoms with E-state index in [4.69, 9.17) is 9.72 Å². The molecule has 1 atom stereocenters. The Balaban J connectivity index is 1.22. The predicted molar refractivity (Wildman–Crippen MR) is 190 cm³/mol. The molecule has 0 bridgehead atoms. The van der Waals surface area contributed by atoms with Crippen molar-refractivity contribution in [3.05, 3.63) is 155 Å². The molecule has 218 valence electrons. The molecule has 1 unspecified atom stereocenters. The molecule has 0 amide bonds. The maximum atomic E-state index is 6.59. The highest BCUT2D eigenvalue weighted by Crippen LogP contribution is 2.55. The van der Waals surface area contributed by atoms with Gasteiger partial charge in [0, 0.05) is 22.3 Å². The number of hydrogen-bond donors (Lipinski definition) is 0. The van der Waals surface area contributed by atoms with Crippen molar-refractivity contribution in [2.75, 3.05) is 0 Å². The van der Waals surface area contributed by atoms with E-state index in [0.29, 0.717) is 5.88 Å². The zero-order chi connectivity index (χ0) is 30.7. The van der Waals surface area contributed by atoms with Gasteiger partial charge in [0.05, 0.1) is 5.69 Å². The van der Waals surface area contributed by atoms with Crippen LogP contribution in [0.3, 0.4) is 0 Å². The molecule has 6 aromatic carbocycles. The van der Waals surface area contributed by atoms with Crippen molar-refractivity contribution in [2.45, 2.75) is 31.6 Å². The Hall–Kier alpha value is -5.47. The van der Waals surface area contributed by atoms with Crippen molar-refractivity contribution >= 4 is 27.6 Å². The minimum atomic E-state index is -0.0614. The van der Waals surface area contributed by atoms with Gasteiger partial charge < -0.3 is 4.74 Å². The Kier molecular flexibility index (Phi) is 5.08. The molecule has 10 rings (SSSR count). The number of hydrogen-bond acceptors (Lipinski definition) is 2. The Bertz CT molecular complexity index is 2480. The molecular formula is C44H31NO. The van der Waals surface area contributed by atoms with Crippen molar-refractivity contribution in [1.29, 1.82) is 0 Å². The van der Waals surface area contributed by atoms with Gasteiger partial charge in [0.1, 0.15) is 5.75 Å². The van der Waals surface area contributed by atoms with E-state index in [-0.39, 0.29) is 11.3 Å². The quantitative estimate of drug-likeness (QED) is 0.200. The van der Waals surface area contributed by atoms with Crippen LogP contribution in [-0.4, -0.2) is 4.98 Å². The summed E-state index contributed by atoms with van der Waals surface area (Å²) in [4.78, 5) is 5.39. The van der Waals surface area contributed by atoms with Crippen molar-refractivity contribution in [3.8, 4) is 45.0 Å². The summed E-state index contributed by atoms with van der Waals surface area (Å²) in [6, 6.07) is 42.3. The lowest BCUT2D eigenvalue weighted by molar-refractivity contribution is 0.463. The molecule has 1 aliphatic heterocycles. The third-order valence-electron chi connectivity index (χ3n) is 10.8. The topological polar surface area (TPSA) is 22.1 Å². The fourth-order valence-corrected chi connectivity index (χ4v) is 8.61. The summed E-state index contributed by atoms with van der Waals surface area (Å²) in [5, 5.41) is 4.85. The number of ether oxygens (including phenoxy) is 1. The van der Waals surface area contributed by atoms with Crippen LogP contribution in [0.4, 0.5) is 0 Å². The van der Waals surface area contributed by atoms with Crippen molar-refractivity contribution < 1.29 is 4.74 Å². The van der Waals surface area contributed by atoms with Crippen LogP contribution in [0, 0.1) is 0 Å². The van der Waals surface area contributed by atoms with Gasteiger partial charge in [-0.05, 0) is 96.4 Å². The fraction of sp³-hybridized carbons (Fsp3) is 0.114. The highest BCUT2D eigenvalue weighted by Gasteiger charge is 2.38. The molecule has 2 nitrogen and oxygen atoms in total. The monoisotopic (exact) mass is 589 g/mol. The standard InChI is InChI=1S/C44H31NO/c1-4-25-21-36-31-16-9-12-27-13-10-18-39(40(27)31)46-43(36)45-42(25)35-22-28-23-38-34(30-15-7-8-17-37(30)44(38,2)3)24-33(28)41-29-14-6-5-11-26(29)19-20-32(35)41/h4-21,23-24,35H,1,22H2,2-3H3. The van der Waals surface area contributed by atoms with Gasteiger partial charge in [0.15, 0.2) is 0 Å². The van der Waals surface area contributed by atoms with Gasteiger partial charge >= 0.3 is 0 Å². The lowest BCUT2D eigenvalue weighted by Gasteiger charge is -2.32. The predicted octanol–water partition coefficient (Wildman–Crippen LogP) is 11.5. The fourth-order valence-electron chi connectivity index (χ4n) is 8.61. The van der Waals surface area contributed by atoms with Crippen LogP contribution in [0.25, 0.3) is 61.0 Å². The lowest BCUT2D eigenvalue weighted by Crippen LogP contribution is -2.19. The summed E-state index contributed by atoms with van der Waals surface area (Å²) in [5.74, 6) is 1.58. The van der Waals surface area contributed by atoms with Gasteiger partial charge in [0.2, 0.25) is 5.88 Å². The zero-order valence-corrected chi connectivity index (χ0v) is 25.9. The average molecular weight is 590 g/mol. The lowest BCUT2D eigenvalue weighted by atomic mass is 9.72. The zero-order valence-electron chi connectivity index (χ0n) is 25.9. The number of pyridine rings is 1. The summed E-state index contributed by atoms with van der Waals surface area (Å²) in [5.41, 5.74) is 15.1. The van der Waals surface area contributed by atoms with E-state index in [1.165, 1.54) is 60.7 Å². The second-order valence-electron chi connectivity index (χ2n) is 13.5. The van der Waals surface area contributed by atoms with E-state index in [1.807, 2.05) is 6.08 Å². The molecule has 46 heavy (non-hydrogen) atoms. The number of nitrogens with zero attached hydrogens (tertiary/aromatic N) is 1. The molecule has 2 heteroatoms. The summed E-state index contributed by atoms with van der Waals surface area (Å²) in [7, 11) is 0. The van der Waals surface area contributed by atoms with Gasteiger partial charge in [-0.2, -0.15) is 0 Å². The third kappa shape index (κ3) is 3.34. The summed E-state index contributed by atoms with van der Waals surface area (Å²) < 4.78 is 6.59. The SMILES string of the molecule is C=Cc1cc2c(nc1C1Cc3cc4c(cc3-c3c1ccc1ccccc31)-c1ccccc1C4(C)C)Oc1cccc3cccc-2c13. The normalized spacial score (nSPS) is 16.2. The molecule has 1 aromatic heterocycles. The van der Waals surface area contributed by atoms with Crippen molar-refractivity contribution in [2.24, 2.45) is 0 Å². The first-order valence-corrected chi connectivity index (χ1v) is 16.2. The van der Waals surface area contributed by atoms with E-state index in [9.17, 15) is 0 Å². The number of rotatable bonds is 2. The number of fused-ring (bicyclic) bond motifs is 10. The van der Waals surface area contributed by atoms with E-state index < -0.39 is 0 Å². The highest BCUT2D eigenvalue weighted by molar-refractivity contribution is 6.04. The van der Waals surface area contributed by atoms with Crippen LogP contribution in [0.1, 0.15) is 53.3 Å². The maximum absolute atomic E-state index is 6.59. The molecule has 0 spiro atoms. The minimum absolute atomic E-state index is 0.0481. The van der Waals surface area contributed by atoms with Gasteiger partial charge in [-0.1, -0.05) is 124 Å². The van der Waals surface area contributed by atoms with E-state index >= 15 is 0 Å². The molecule has 7 aromatic rings. The van der Waals surface area contributed by atoms with Crippen LogP contribution in [0.5, 0.6) is 11.6 Å². The molecule has 0 fully saturated rings. The largest absolute Gasteiger partial charge is 0.438 e. The molecule has 0 N–H and O–H groups in total. The van der Waals surface area contributed by atoms with Crippen molar-refractivity contribution in [3.63, 3.8) is 0 Å². The van der Waals surface area contributed by atoms with Crippen LogP contribution >= 0.6 is 0 Å². The average Bonchev–Trinajstić information content (AvgIpc) is 3.32. The Morgan fingerprint density at radius 3 is 2.39 bits per heavy atom. The van der Waals surface area contributed by atoms with Gasteiger partial charge in [-0.3, -0.25) is 0 Å². The molecule has 2 aliphatic carbocycles. The highest BCUT2D eigenvalue weighted by atomic mass is 16.5. The van der Waals surface area contributed by atoms with Gasteiger partial charge in [-0.15, -0.1) is 0 Å². The van der Waals surface area contributed by atoms with Gasteiger partial charge in [-0.25, -0.2) is 4.98 Å². The van der Waals surface area contributed by atoms with E-state index in [0.717, 1.165) is 39.9 Å². The molecular weight excluding hydrogens is 558 g/mol. The Labute approximate surface area is 268 Å². The molecule has 2 heterocycles. The van der Waals surface area contributed by atoms with E-state index in [2.05, 4.69) is 136 Å². The maximum Gasteiger partial charge on any atom is 0.227 e. The van der Waals surface area contributed by atoms with Crippen LogP contribution in [0.15, 0.2) is 122 Å². The van der Waals surface area contributed by atoms with Gasteiger partial charge in [0.25, 0.3) is 0 Å². The summed E-state index contributed by atoms with van der Waals surface area (Å²) >= 11 is 0.